The Hall–Kier alpha value is -3.28. The van der Waals surface area contributed by atoms with Gasteiger partial charge in [-0.2, -0.15) is 4.72 Å². The van der Waals surface area contributed by atoms with Crippen LogP contribution in [0.15, 0.2) is 51.9 Å². The summed E-state index contributed by atoms with van der Waals surface area (Å²) in [6, 6.07) is 8.51. The van der Waals surface area contributed by atoms with Crippen LogP contribution in [0.5, 0.6) is 0 Å². The number of nitrogens with zero attached hydrogens (tertiary/aromatic N) is 3. The Morgan fingerprint density at radius 3 is 2.62 bits per heavy atom. The van der Waals surface area contributed by atoms with Gasteiger partial charge in [-0.05, 0) is 36.2 Å². The Bertz CT molecular complexity index is 1410. The van der Waals surface area contributed by atoms with E-state index in [0.29, 0.717) is 39.7 Å². The van der Waals surface area contributed by atoms with Gasteiger partial charge in [0.2, 0.25) is 10.0 Å². The van der Waals surface area contributed by atoms with Crippen molar-refractivity contribution in [3.63, 3.8) is 0 Å². The van der Waals surface area contributed by atoms with Gasteiger partial charge in [0.25, 0.3) is 0 Å². The van der Waals surface area contributed by atoms with E-state index in [0.717, 1.165) is 0 Å². The highest BCUT2D eigenvalue weighted by Gasteiger charge is 2.28. The minimum atomic E-state index is -4.06. The lowest BCUT2D eigenvalue weighted by molar-refractivity contribution is -0.140. The number of fused-ring (bicyclic) bond motifs is 3. The van der Waals surface area contributed by atoms with Crippen LogP contribution >= 0.6 is 0 Å². The SMILES string of the molecule is CC(C)[C@@H](NS(=O)(=O)c1ccc2oc3cc(-n4cc(CCO)nn4)ccc3c2c1)C(=O)O. The maximum atomic E-state index is 12.8. The van der Waals surface area contributed by atoms with Crippen LogP contribution in [0, 0.1) is 5.92 Å². The Balaban J connectivity index is 1.72. The number of aromatic nitrogens is 3. The zero-order valence-electron chi connectivity index (χ0n) is 17.4. The fourth-order valence-corrected chi connectivity index (χ4v) is 4.78. The van der Waals surface area contributed by atoms with Gasteiger partial charge in [0.05, 0.1) is 22.5 Å². The second-order valence-corrected chi connectivity index (χ2v) is 9.46. The molecular formula is C21H22N4O6S. The van der Waals surface area contributed by atoms with Crippen LogP contribution in [0.1, 0.15) is 19.5 Å². The zero-order valence-corrected chi connectivity index (χ0v) is 18.2. The largest absolute Gasteiger partial charge is 0.480 e. The van der Waals surface area contributed by atoms with E-state index in [4.69, 9.17) is 9.52 Å². The molecule has 32 heavy (non-hydrogen) atoms. The number of aliphatic carboxylic acids is 1. The third-order valence-electron chi connectivity index (χ3n) is 5.12. The molecule has 0 saturated carbocycles. The smallest absolute Gasteiger partial charge is 0.322 e. The van der Waals surface area contributed by atoms with E-state index in [1.165, 1.54) is 12.1 Å². The summed E-state index contributed by atoms with van der Waals surface area (Å²) in [4.78, 5) is 11.4. The number of carbonyl (C=O) groups is 1. The molecule has 10 nitrogen and oxygen atoms in total. The molecule has 0 fully saturated rings. The number of benzene rings is 2. The minimum absolute atomic E-state index is 0.0220. The average molecular weight is 458 g/mol. The van der Waals surface area contributed by atoms with Crippen molar-refractivity contribution in [2.45, 2.75) is 31.2 Å². The van der Waals surface area contributed by atoms with Gasteiger partial charge in [-0.25, -0.2) is 13.1 Å². The van der Waals surface area contributed by atoms with Gasteiger partial charge >= 0.3 is 5.97 Å². The molecule has 0 spiro atoms. The van der Waals surface area contributed by atoms with E-state index in [-0.39, 0.29) is 11.5 Å². The third-order valence-corrected chi connectivity index (χ3v) is 6.56. The number of aliphatic hydroxyl groups excluding tert-OH is 1. The number of furan rings is 1. The first-order chi connectivity index (χ1) is 15.2. The Kier molecular flexibility index (Phi) is 5.71. The summed E-state index contributed by atoms with van der Waals surface area (Å²) >= 11 is 0. The van der Waals surface area contributed by atoms with Crippen LogP contribution in [0.2, 0.25) is 0 Å². The molecule has 0 aliphatic heterocycles. The molecule has 4 rings (SSSR count). The van der Waals surface area contributed by atoms with E-state index in [1.54, 1.807) is 49.0 Å². The van der Waals surface area contributed by atoms with Crippen LogP contribution in [0.3, 0.4) is 0 Å². The van der Waals surface area contributed by atoms with Gasteiger partial charge in [0, 0.05) is 29.9 Å². The van der Waals surface area contributed by atoms with Crippen LogP contribution in [0.4, 0.5) is 0 Å². The second-order valence-electron chi connectivity index (χ2n) is 7.75. The molecule has 0 saturated heterocycles. The number of hydrogen-bond donors (Lipinski definition) is 3. The quantitative estimate of drug-likeness (QED) is 0.364. The van der Waals surface area contributed by atoms with Gasteiger partial charge in [0.1, 0.15) is 17.2 Å². The molecule has 0 aliphatic rings. The standard InChI is InChI=1S/C21H22N4O6S/c1-12(2)20(21(27)28)23-32(29,30)15-4-6-18-17(10-15)16-5-3-14(9-19(16)31-18)25-11-13(7-8-26)22-24-25/h3-6,9-12,20,23,26H,7-8H2,1-2H3,(H,27,28)/t20-/m1/s1. The molecule has 2 aromatic carbocycles. The van der Waals surface area contributed by atoms with Crippen molar-refractivity contribution >= 4 is 37.9 Å². The summed E-state index contributed by atoms with van der Waals surface area (Å²) in [5.74, 6) is -1.66. The number of hydrogen-bond acceptors (Lipinski definition) is 7. The topological polar surface area (TPSA) is 148 Å². The van der Waals surface area contributed by atoms with E-state index < -0.39 is 28.0 Å². The summed E-state index contributed by atoms with van der Waals surface area (Å²) in [7, 11) is -4.06. The molecule has 2 heterocycles. The molecule has 11 heteroatoms. The predicted molar refractivity (Wildman–Crippen MR) is 116 cm³/mol. The first-order valence-corrected chi connectivity index (χ1v) is 11.4. The van der Waals surface area contributed by atoms with Crippen LogP contribution < -0.4 is 4.72 Å². The van der Waals surface area contributed by atoms with Gasteiger partial charge in [-0.1, -0.05) is 19.1 Å². The molecule has 0 radical (unpaired) electrons. The molecular weight excluding hydrogens is 436 g/mol. The monoisotopic (exact) mass is 458 g/mol. The maximum absolute atomic E-state index is 12.8. The van der Waals surface area contributed by atoms with E-state index >= 15 is 0 Å². The Morgan fingerprint density at radius 2 is 1.94 bits per heavy atom. The summed E-state index contributed by atoms with van der Waals surface area (Å²) in [6.07, 6.45) is 2.11. The highest BCUT2D eigenvalue weighted by molar-refractivity contribution is 7.89. The normalized spacial score (nSPS) is 13.2. The molecule has 0 aliphatic carbocycles. The highest BCUT2D eigenvalue weighted by atomic mass is 32.2. The maximum Gasteiger partial charge on any atom is 0.322 e. The minimum Gasteiger partial charge on any atom is -0.480 e. The first kappa shape index (κ1) is 21.9. The van der Waals surface area contributed by atoms with Gasteiger partial charge in [-0.3, -0.25) is 4.79 Å². The molecule has 1 atom stereocenters. The number of sulfonamides is 1. The van der Waals surface area contributed by atoms with Crippen molar-refractivity contribution in [1.29, 1.82) is 0 Å². The molecule has 0 bridgehead atoms. The molecule has 2 aromatic heterocycles. The predicted octanol–water partition coefficient (Wildman–Crippen LogP) is 2.09. The van der Waals surface area contributed by atoms with Gasteiger partial charge in [0.15, 0.2) is 0 Å². The number of aliphatic hydroxyl groups is 1. The summed E-state index contributed by atoms with van der Waals surface area (Å²) in [5.41, 5.74) is 2.38. The fraction of sp³-hybridized carbons (Fsp3) is 0.286. The summed E-state index contributed by atoms with van der Waals surface area (Å²) in [6.45, 7) is 3.24. The van der Waals surface area contributed by atoms with Crippen LogP contribution in [0.25, 0.3) is 27.6 Å². The number of nitrogens with one attached hydrogen (secondary N) is 1. The summed E-state index contributed by atoms with van der Waals surface area (Å²) < 4.78 is 35.3. The fourth-order valence-electron chi connectivity index (χ4n) is 3.42. The molecule has 0 amide bonds. The molecule has 168 valence electrons. The third kappa shape index (κ3) is 4.09. The Labute approximate surface area is 183 Å². The van der Waals surface area contributed by atoms with Crippen molar-refractivity contribution in [2.75, 3.05) is 6.61 Å². The molecule has 4 aromatic rings. The van der Waals surface area contributed by atoms with Crippen molar-refractivity contribution in [1.82, 2.24) is 19.7 Å². The number of rotatable bonds is 8. The van der Waals surface area contributed by atoms with E-state index in [2.05, 4.69) is 15.0 Å². The first-order valence-electron chi connectivity index (χ1n) is 9.93. The Morgan fingerprint density at radius 1 is 1.16 bits per heavy atom. The lowest BCUT2D eigenvalue weighted by atomic mass is 10.1. The van der Waals surface area contributed by atoms with Crippen molar-refractivity contribution < 1.29 is 27.8 Å². The van der Waals surface area contributed by atoms with E-state index in [9.17, 15) is 18.3 Å². The van der Waals surface area contributed by atoms with Crippen LogP contribution in [-0.2, 0) is 21.2 Å². The number of carboxylic acid groups (broad SMARTS) is 1. The zero-order chi connectivity index (χ0) is 23.0. The van der Waals surface area contributed by atoms with Crippen LogP contribution in [-0.4, -0.2) is 52.2 Å². The molecule has 3 N–H and O–H groups in total. The lowest BCUT2D eigenvalue weighted by Crippen LogP contribution is -2.44. The van der Waals surface area contributed by atoms with Crippen molar-refractivity contribution in [3.8, 4) is 5.69 Å². The highest BCUT2D eigenvalue weighted by Crippen LogP contribution is 2.32. The van der Waals surface area contributed by atoms with Crippen molar-refractivity contribution in [3.05, 3.63) is 48.3 Å². The lowest BCUT2D eigenvalue weighted by Gasteiger charge is -2.17. The molecule has 0 unspecified atom stereocenters. The second kappa shape index (κ2) is 8.34. The average Bonchev–Trinajstić information content (AvgIpc) is 3.35. The van der Waals surface area contributed by atoms with Gasteiger partial charge < -0.3 is 14.6 Å². The number of carboxylic acids is 1. The van der Waals surface area contributed by atoms with Crippen molar-refractivity contribution in [2.24, 2.45) is 5.92 Å². The summed E-state index contributed by atoms with van der Waals surface area (Å²) in [5, 5.41) is 27.7. The van der Waals surface area contributed by atoms with E-state index in [1.807, 2.05) is 0 Å². The van der Waals surface area contributed by atoms with Gasteiger partial charge in [-0.15, -0.1) is 5.10 Å².